The van der Waals surface area contributed by atoms with Crippen LogP contribution < -0.4 is 10.7 Å². The van der Waals surface area contributed by atoms with Gasteiger partial charge in [-0.15, -0.1) is 0 Å². The first kappa shape index (κ1) is 5.56. The normalized spacial score (nSPS) is 28.8. The van der Waals surface area contributed by atoms with Gasteiger partial charge in [0.1, 0.15) is 0 Å². The first-order valence-corrected chi connectivity index (χ1v) is 2.81. The fraction of sp³-hybridized carbons (Fsp3) is 0.800. The Kier molecular flexibility index (Phi) is 1.48. The standard InChI is InChI=1S/C5H11N3/c1-4-3-6-5(2)8-7-4/h5-6,8H,3H2,1-2H3. The predicted molar refractivity (Wildman–Crippen MR) is 33.7 cm³/mol. The maximum Gasteiger partial charge on any atom is 0.0907 e. The zero-order valence-electron chi connectivity index (χ0n) is 5.23. The van der Waals surface area contributed by atoms with Gasteiger partial charge in [-0.3, -0.25) is 10.7 Å². The topological polar surface area (TPSA) is 36.4 Å². The molecule has 1 unspecified atom stereocenters. The van der Waals surface area contributed by atoms with Crippen LogP contribution in [0.4, 0.5) is 0 Å². The van der Waals surface area contributed by atoms with Crippen molar-refractivity contribution in [1.82, 2.24) is 10.7 Å². The van der Waals surface area contributed by atoms with E-state index in [1.165, 1.54) is 0 Å². The van der Waals surface area contributed by atoms with Crippen LogP contribution in [-0.2, 0) is 0 Å². The van der Waals surface area contributed by atoms with E-state index in [4.69, 9.17) is 0 Å². The summed E-state index contributed by atoms with van der Waals surface area (Å²) in [5.41, 5.74) is 4.02. The molecule has 0 saturated heterocycles. The van der Waals surface area contributed by atoms with Gasteiger partial charge in [-0.05, 0) is 13.8 Å². The molecule has 8 heavy (non-hydrogen) atoms. The molecule has 0 fully saturated rings. The van der Waals surface area contributed by atoms with Gasteiger partial charge in [-0.1, -0.05) is 0 Å². The second-order valence-electron chi connectivity index (χ2n) is 2.08. The molecule has 0 radical (unpaired) electrons. The second-order valence-corrected chi connectivity index (χ2v) is 2.08. The molecule has 3 heteroatoms. The van der Waals surface area contributed by atoms with Crippen LogP contribution in [0, 0.1) is 0 Å². The molecule has 46 valence electrons. The Morgan fingerprint density at radius 1 is 1.75 bits per heavy atom. The molecular formula is C5H11N3. The molecule has 2 N–H and O–H groups in total. The van der Waals surface area contributed by atoms with Crippen molar-refractivity contribution >= 4 is 5.71 Å². The van der Waals surface area contributed by atoms with E-state index in [1.54, 1.807) is 0 Å². The lowest BCUT2D eigenvalue weighted by molar-refractivity contribution is 0.472. The van der Waals surface area contributed by atoms with Crippen LogP contribution in [0.3, 0.4) is 0 Å². The summed E-state index contributed by atoms with van der Waals surface area (Å²) in [7, 11) is 0. The van der Waals surface area contributed by atoms with Crippen molar-refractivity contribution in [2.75, 3.05) is 6.54 Å². The lowest BCUT2D eigenvalue weighted by atomic mass is 10.4. The molecule has 1 heterocycles. The first-order valence-electron chi connectivity index (χ1n) is 2.81. The minimum atomic E-state index is 0.332. The van der Waals surface area contributed by atoms with E-state index in [1.807, 2.05) is 13.8 Å². The predicted octanol–water partition coefficient (Wildman–Crippen LogP) is -0.0989. The van der Waals surface area contributed by atoms with Crippen LogP contribution in [0.5, 0.6) is 0 Å². The zero-order chi connectivity index (χ0) is 5.98. The molecule has 0 spiro atoms. The smallest absolute Gasteiger partial charge is 0.0907 e. The third-order valence-corrected chi connectivity index (χ3v) is 1.11. The van der Waals surface area contributed by atoms with Crippen LogP contribution in [0.2, 0.25) is 0 Å². The summed E-state index contributed by atoms with van der Waals surface area (Å²) in [5, 5.41) is 7.20. The van der Waals surface area contributed by atoms with Crippen LogP contribution in [0.15, 0.2) is 5.10 Å². The summed E-state index contributed by atoms with van der Waals surface area (Å²) in [6.45, 7) is 4.94. The van der Waals surface area contributed by atoms with Gasteiger partial charge in [0.05, 0.1) is 6.17 Å². The number of hydrogen-bond acceptors (Lipinski definition) is 3. The van der Waals surface area contributed by atoms with Crippen molar-refractivity contribution < 1.29 is 0 Å². The minimum Gasteiger partial charge on any atom is -0.293 e. The summed E-state index contributed by atoms with van der Waals surface area (Å²) in [6, 6.07) is 0. The van der Waals surface area contributed by atoms with Crippen molar-refractivity contribution in [3.63, 3.8) is 0 Å². The Hall–Kier alpha value is -0.570. The highest BCUT2D eigenvalue weighted by atomic mass is 15.4. The lowest BCUT2D eigenvalue weighted by Gasteiger charge is -2.18. The average Bonchev–Trinajstić information content (AvgIpc) is 1.77. The van der Waals surface area contributed by atoms with E-state index in [0.29, 0.717) is 6.17 Å². The van der Waals surface area contributed by atoms with Crippen molar-refractivity contribution in [3.8, 4) is 0 Å². The van der Waals surface area contributed by atoms with Gasteiger partial charge < -0.3 is 0 Å². The van der Waals surface area contributed by atoms with E-state index in [9.17, 15) is 0 Å². The summed E-state index contributed by atoms with van der Waals surface area (Å²) < 4.78 is 0. The fourth-order valence-electron chi connectivity index (χ4n) is 0.593. The van der Waals surface area contributed by atoms with E-state index >= 15 is 0 Å². The minimum absolute atomic E-state index is 0.332. The van der Waals surface area contributed by atoms with Gasteiger partial charge in [0, 0.05) is 12.3 Å². The summed E-state index contributed by atoms with van der Waals surface area (Å²) in [4.78, 5) is 0. The molecule has 0 aromatic rings. The van der Waals surface area contributed by atoms with Crippen LogP contribution in [0.1, 0.15) is 13.8 Å². The van der Waals surface area contributed by atoms with Crippen molar-refractivity contribution in [2.45, 2.75) is 20.0 Å². The van der Waals surface area contributed by atoms with Gasteiger partial charge >= 0.3 is 0 Å². The molecule has 0 aliphatic carbocycles. The Bertz CT molecular complexity index is 108. The number of nitrogens with zero attached hydrogens (tertiary/aromatic N) is 1. The van der Waals surface area contributed by atoms with Crippen LogP contribution >= 0.6 is 0 Å². The van der Waals surface area contributed by atoms with Gasteiger partial charge in [0.2, 0.25) is 0 Å². The van der Waals surface area contributed by atoms with E-state index in [0.717, 1.165) is 12.3 Å². The average molecular weight is 113 g/mol. The Labute approximate surface area is 49.2 Å². The Balaban J connectivity index is 2.42. The second kappa shape index (κ2) is 2.13. The van der Waals surface area contributed by atoms with Gasteiger partial charge in [0.15, 0.2) is 0 Å². The lowest BCUT2D eigenvalue weighted by Crippen LogP contribution is -2.44. The van der Waals surface area contributed by atoms with Crippen LogP contribution in [-0.4, -0.2) is 18.4 Å². The zero-order valence-corrected chi connectivity index (χ0v) is 5.23. The van der Waals surface area contributed by atoms with Crippen molar-refractivity contribution in [3.05, 3.63) is 0 Å². The summed E-state index contributed by atoms with van der Waals surface area (Å²) in [5.74, 6) is 0. The third kappa shape index (κ3) is 1.20. The van der Waals surface area contributed by atoms with E-state index in [-0.39, 0.29) is 0 Å². The SMILES string of the molecule is CC1=NNC(C)NC1. The monoisotopic (exact) mass is 113 g/mol. The molecule has 1 rings (SSSR count). The Morgan fingerprint density at radius 3 is 2.88 bits per heavy atom. The van der Waals surface area contributed by atoms with Crippen molar-refractivity contribution in [2.24, 2.45) is 5.10 Å². The van der Waals surface area contributed by atoms with Gasteiger partial charge in [0.25, 0.3) is 0 Å². The van der Waals surface area contributed by atoms with E-state index in [2.05, 4.69) is 15.8 Å². The van der Waals surface area contributed by atoms with Crippen LogP contribution in [0.25, 0.3) is 0 Å². The Morgan fingerprint density at radius 2 is 2.50 bits per heavy atom. The third-order valence-electron chi connectivity index (χ3n) is 1.11. The maximum atomic E-state index is 4.02. The molecule has 1 aliphatic heterocycles. The largest absolute Gasteiger partial charge is 0.293 e. The summed E-state index contributed by atoms with van der Waals surface area (Å²) in [6.07, 6.45) is 0.332. The first-order chi connectivity index (χ1) is 3.79. The molecule has 3 nitrogen and oxygen atoms in total. The highest BCUT2D eigenvalue weighted by Gasteiger charge is 2.03. The highest BCUT2D eigenvalue weighted by molar-refractivity contribution is 5.84. The number of nitrogens with one attached hydrogen (secondary N) is 2. The number of hydrazone groups is 1. The number of rotatable bonds is 0. The maximum absolute atomic E-state index is 4.02. The van der Waals surface area contributed by atoms with Gasteiger partial charge in [-0.25, -0.2) is 0 Å². The molecule has 1 atom stereocenters. The van der Waals surface area contributed by atoms with Gasteiger partial charge in [-0.2, -0.15) is 5.10 Å². The summed E-state index contributed by atoms with van der Waals surface area (Å²) >= 11 is 0. The molecule has 0 amide bonds. The van der Waals surface area contributed by atoms with Crippen molar-refractivity contribution in [1.29, 1.82) is 0 Å². The highest BCUT2D eigenvalue weighted by Crippen LogP contribution is 1.83. The fourth-order valence-corrected chi connectivity index (χ4v) is 0.593. The number of hydrogen-bond donors (Lipinski definition) is 2. The molecular weight excluding hydrogens is 102 g/mol. The molecule has 0 aromatic heterocycles. The quantitative estimate of drug-likeness (QED) is 0.460. The molecule has 0 saturated carbocycles. The molecule has 0 bridgehead atoms. The van der Waals surface area contributed by atoms with E-state index < -0.39 is 0 Å². The molecule has 1 aliphatic rings. The molecule has 0 aromatic carbocycles.